The third-order valence-electron chi connectivity index (χ3n) is 4.93. The van der Waals surface area contributed by atoms with Crippen molar-refractivity contribution in [2.45, 2.75) is 0 Å². The van der Waals surface area contributed by atoms with Crippen LogP contribution in [0.2, 0.25) is 0 Å². The maximum atomic E-state index is 13.2. The number of carbonyl (C=O) groups is 3. The van der Waals surface area contributed by atoms with E-state index in [4.69, 9.17) is 9.47 Å². The van der Waals surface area contributed by atoms with Crippen molar-refractivity contribution in [3.8, 4) is 11.5 Å². The monoisotopic (exact) mass is 480 g/mol. The SMILES string of the molecule is COc1ccc2ccc(OC)c(C=C3C(=O)NC(=O)N(c4ccc(Br)cc4)C3=O)c2c1. The van der Waals surface area contributed by atoms with E-state index in [1.54, 1.807) is 43.5 Å². The summed E-state index contributed by atoms with van der Waals surface area (Å²) in [5.41, 5.74) is 0.689. The van der Waals surface area contributed by atoms with Crippen molar-refractivity contribution in [1.29, 1.82) is 0 Å². The Labute approximate surface area is 186 Å². The Hall–Kier alpha value is -3.65. The fourth-order valence-corrected chi connectivity index (χ4v) is 3.65. The average molecular weight is 481 g/mol. The fourth-order valence-electron chi connectivity index (χ4n) is 3.38. The molecule has 31 heavy (non-hydrogen) atoms. The van der Waals surface area contributed by atoms with E-state index in [0.717, 1.165) is 20.1 Å². The zero-order valence-corrected chi connectivity index (χ0v) is 18.2. The number of ether oxygens (including phenoxy) is 2. The molecular formula is C23H17BrN2O5. The summed E-state index contributed by atoms with van der Waals surface area (Å²) in [6, 6.07) is 14.9. The van der Waals surface area contributed by atoms with Gasteiger partial charge >= 0.3 is 6.03 Å². The lowest BCUT2D eigenvalue weighted by Gasteiger charge is -2.26. The number of halogens is 1. The maximum Gasteiger partial charge on any atom is 0.335 e. The largest absolute Gasteiger partial charge is 0.497 e. The van der Waals surface area contributed by atoms with Crippen LogP contribution in [0.4, 0.5) is 10.5 Å². The molecule has 4 rings (SSSR count). The van der Waals surface area contributed by atoms with Crippen LogP contribution in [-0.2, 0) is 9.59 Å². The molecule has 0 aliphatic carbocycles. The zero-order chi connectivity index (χ0) is 22.1. The molecule has 1 aliphatic heterocycles. The number of methoxy groups -OCH3 is 2. The van der Waals surface area contributed by atoms with Gasteiger partial charge in [-0.15, -0.1) is 0 Å². The molecule has 1 aliphatic rings. The number of imide groups is 2. The van der Waals surface area contributed by atoms with Gasteiger partial charge in [0.15, 0.2) is 0 Å². The van der Waals surface area contributed by atoms with Crippen LogP contribution in [0.3, 0.4) is 0 Å². The van der Waals surface area contributed by atoms with Crippen molar-refractivity contribution in [3.05, 3.63) is 70.2 Å². The van der Waals surface area contributed by atoms with Crippen LogP contribution in [0.5, 0.6) is 11.5 Å². The number of urea groups is 1. The van der Waals surface area contributed by atoms with Crippen molar-refractivity contribution >= 4 is 56.3 Å². The van der Waals surface area contributed by atoms with Crippen LogP contribution in [0, 0.1) is 0 Å². The summed E-state index contributed by atoms with van der Waals surface area (Å²) < 4.78 is 11.6. The number of barbiturate groups is 1. The lowest BCUT2D eigenvalue weighted by atomic mass is 9.99. The van der Waals surface area contributed by atoms with Crippen LogP contribution >= 0.6 is 15.9 Å². The summed E-state index contributed by atoms with van der Waals surface area (Å²) in [7, 11) is 3.06. The zero-order valence-electron chi connectivity index (χ0n) is 16.6. The predicted octanol–water partition coefficient (Wildman–Crippen LogP) is 4.29. The maximum absolute atomic E-state index is 13.2. The Kier molecular flexibility index (Phi) is 5.48. The summed E-state index contributed by atoms with van der Waals surface area (Å²) in [5, 5.41) is 3.84. The van der Waals surface area contributed by atoms with Gasteiger partial charge < -0.3 is 9.47 Å². The minimum atomic E-state index is -0.805. The van der Waals surface area contributed by atoms with Crippen LogP contribution in [0.1, 0.15) is 5.56 Å². The van der Waals surface area contributed by atoms with Gasteiger partial charge in [0.25, 0.3) is 11.8 Å². The average Bonchev–Trinajstić information content (AvgIpc) is 2.77. The van der Waals surface area contributed by atoms with E-state index < -0.39 is 17.8 Å². The van der Waals surface area contributed by atoms with E-state index in [1.807, 2.05) is 18.2 Å². The number of amides is 4. The fraction of sp³-hybridized carbons (Fsp3) is 0.0870. The molecule has 3 aromatic rings. The van der Waals surface area contributed by atoms with E-state index in [9.17, 15) is 14.4 Å². The number of benzene rings is 3. The lowest BCUT2D eigenvalue weighted by Crippen LogP contribution is -2.54. The lowest BCUT2D eigenvalue weighted by molar-refractivity contribution is -0.122. The second-order valence-electron chi connectivity index (χ2n) is 6.70. The molecule has 1 saturated heterocycles. The first kappa shape index (κ1) is 20.6. The number of hydrogen-bond donors (Lipinski definition) is 1. The Balaban J connectivity index is 1.88. The van der Waals surface area contributed by atoms with E-state index >= 15 is 0 Å². The molecule has 0 spiro atoms. The highest BCUT2D eigenvalue weighted by atomic mass is 79.9. The summed E-state index contributed by atoms with van der Waals surface area (Å²) >= 11 is 3.32. The van der Waals surface area contributed by atoms with E-state index in [2.05, 4.69) is 21.2 Å². The molecule has 1 heterocycles. The standard InChI is InChI=1S/C23H17BrN2O5/c1-30-16-9-3-13-4-10-20(31-2)18(17(13)11-16)12-19-21(27)25-23(29)26(22(19)28)15-7-5-14(24)6-8-15/h3-12H,1-2H3,(H,25,27,29). The van der Waals surface area contributed by atoms with E-state index in [-0.39, 0.29) is 5.57 Å². The number of carbonyl (C=O) groups excluding carboxylic acids is 3. The van der Waals surface area contributed by atoms with Gasteiger partial charge in [-0.3, -0.25) is 14.9 Å². The number of rotatable bonds is 4. The Morgan fingerprint density at radius 3 is 2.32 bits per heavy atom. The van der Waals surface area contributed by atoms with Crippen molar-refractivity contribution in [3.63, 3.8) is 0 Å². The first-order valence-corrected chi connectivity index (χ1v) is 10.0. The molecule has 1 fully saturated rings. The molecule has 0 unspecified atom stereocenters. The van der Waals surface area contributed by atoms with Gasteiger partial charge in [0.1, 0.15) is 17.1 Å². The molecule has 4 amide bonds. The van der Waals surface area contributed by atoms with Gasteiger partial charge in [0, 0.05) is 10.0 Å². The first-order valence-electron chi connectivity index (χ1n) is 9.24. The molecule has 7 nitrogen and oxygen atoms in total. The molecule has 0 aromatic heterocycles. The smallest absolute Gasteiger partial charge is 0.335 e. The Morgan fingerprint density at radius 1 is 0.935 bits per heavy atom. The number of anilines is 1. The van der Waals surface area contributed by atoms with Gasteiger partial charge in [-0.25, -0.2) is 9.69 Å². The molecule has 0 atom stereocenters. The second kappa shape index (κ2) is 8.23. The predicted molar refractivity (Wildman–Crippen MR) is 120 cm³/mol. The van der Waals surface area contributed by atoms with Crippen molar-refractivity contribution in [1.82, 2.24) is 5.32 Å². The minimum Gasteiger partial charge on any atom is -0.497 e. The normalized spacial score (nSPS) is 15.4. The minimum absolute atomic E-state index is 0.184. The summed E-state index contributed by atoms with van der Waals surface area (Å²) in [6.45, 7) is 0. The number of nitrogens with zero attached hydrogens (tertiary/aromatic N) is 1. The van der Waals surface area contributed by atoms with Gasteiger partial charge in [0.2, 0.25) is 0 Å². The summed E-state index contributed by atoms with van der Waals surface area (Å²) in [4.78, 5) is 39.1. The molecule has 0 bridgehead atoms. The summed E-state index contributed by atoms with van der Waals surface area (Å²) in [6.07, 6.45) is 1.44. The Morgan fingerprint density at radius 2 is 1.65 bits per heavy atom. The van der Waals surface area contributed by atoms with Gasteiger partial charge in [-0.2, -0.15) is 0 Å². The highest BCUT2D eigenvalue weighted by Crippen LogP contribution is 2.33. The molecule has 0 saturated carbocycles. The molecule has 8 heteroatoms. The first-order chi connectivity index (χ1) is 14.9. The van der Waals surface area contributed by atoms with Gasteiger partial charge in [-0.05, 0) is 59.3 Å². The van der Waals surface area contributed by atoms with Crippen LogP contribution in [0.15, 0.2) is 64.6 Å². The van der Waals surface area contributed by atoms with E-state index in [1.165, 1.54) is 13.2 Å². The third kappa shape index (κ3) is 3.77. The quantitative estimate of drug-likeness (QED) is 0.444. The highest BCUT2D eigenvalue weighted by Gasteiger charge is 2.37. The third-order valence-corrected chi connectivity index (χ3v) is 5.45. The van der Waals surface area contributed by atoms with Gasteiger partial charge in [-0.1, -0.05) is 28.1 Å². The molecule has 156 valence electrons. The van der Waals surface area contributed by atoms with E-state index in [0.29, 0.717) is 22.7 Å². The van der Waals surface area contributed by atoms with Gasteiger partial charge in [0.05, 0.1) is 19.9 Å². The van der Waals surface area contributed by atoms with Crippen LogP contribution in [-0.4, -0.2) is 32.1 Å². The number of fused-ring (bicyclic) bond motifs is 1. The Bertz CT molecular complexity index is 1250. The van der Waals surface area contributed by atoms with Crippen molar-refractivity contribution < 1.29 is 23.9 Å². The molecule has 0 radical (unpaired) electrons. The van der Waals surface area contributed by atoms with Crippen LogP contribution < -0.4 is 19.7 Å². The second-order valence-corrected chi connectivity index (χ2v) is 7.62. The summed E-state index contributed by atoms with van der Waals surface area (Å²) in [5.74, 6) is -0.407. The topological polar surface area (TPSA) is 84.9 Å². The molecule has 1 N–H and O–H groups in total. The molecule has 3 aromatic carbocycles. The van der Waals surface area contributed by atoms with Crippen molar-refractivity contribution in [2.75, 3.05) is 19.1 Å². The number of nitrogens with one attached hydrogen (secondary N) is 1. The molecular weight excluding hydrogens is 464 g/mol. The van der Waals surface area contributed by atoms with Crippen LogP contribution in [0.25, 0.3) is 16.8 Å². The highest BCUT2D eigenvalue weighted by molar-refractivity contribution is 9.10. The van der Waals surface area contributed by atoms with Crippen molar-refractivity contribution in [2.24, 2.45) is 0 Å². The number of hydrogen-bond acceptors (Lipinski definition) is 5.